The van der Waals surface area contributed by atoms with Crippen molar-refractivity contribution in [3.63, 3.8) is 0 Å². The van der Waals surface area contributed by atoms with Crippen LogP contribution in [0.25, 0.3) is 11.0 Å². The molecule has 116 valence electrons. The molecule has 0 atom stereocenters. The largest absolute Gasteiger partial charge is 0.362 e. The Morgan fingerprint density at radius 1 is 1.22 bits per heavy atom. The Kier molecular flexibility index (Phi) is 3.70. The minimum atomic E-state index is -0.761. The normalized spacial score (nSPS) is 10.7. The molecule has 0 aliphatic heterocycles. The summed E-state index contributed by atoms with van der Waals surface area (Å²) in [7, 11) is 3.46. The van der Waals surface area contributed by atoms with E-state index < -0.39 is 11.6 Å². The molecule has 0 fully saturated rings. The third kappa shape index (κ3) is 2.61. The van der Waals surface area contributed by atoms with E-state index in [1.54, 1.807) is 13.1 Å². The van der Waals surface area contributed by atoms with Crippen LogP contribution in [-0.4, -0.2) is 16.6 Å². The fourth-order valence-corrected chi connectivity index (χ4v) is 2.62. The monoisotopic (exact) mass is 312 g/mol. The van der Waals surface area contributed by atoms with Crippen molar-refractivity contribution in [2.75, 3.05) is 11.9 Å². The number of hydrogen-bond acceptors (Lipinski definition) is 3. The molecule has 0 bridgehead atoms. The van der Waals surface area contributed by atoms with Gasteiger partial charge in [0.05, 0.1) is 29.2 Å². The van der Waals surface area contributed by atoms with Crippen LogP contribution in [0.1, 0.15) is 11.4 Å². The molecule has 0 saturated carbocycles. The number of nitriles is 1. The quantitative estimate of drug-likeness (QED) is 0.745. The molecule has 1 heterocycles. The van der Waals surface area contributed by atoms with Crippen LogP contribution in [0.3, 0.4) is 0 Å². The highest BCUT2D eigenvalue weighted by Gasteiger charge is 2.18. The molecule has 0 spiro atoms. The molecule has 4 nitrogen and oxygen atoms in total. The summed E-state index contributed by atoms with van der Waals surface area (Å²) in [6.07, 6.45) is 0. The first-order valence-corrected chi connectivity index (χ1v) is 7.02. The number of hydrogen-bond donors (Lipinski definition) is 0. The van der Waals surface area contributed by atoms with Crippen LogP contribution in [0.4, 0.5) is 14.5 Å². The topological polar surface area (TPSA) is 44.9 Å². The standard InChI is InChI=1S/C17H14F2N4/c1-22(17-12(18)7-11(9-20)8-13(17)19)10-16-21-14-5-3-4-6-15(14)23(16)2/h3-8H,10H2,1-2H3. The van der Waals surface area contributed by atoms with Gasteiger partial charge in [-0.25, -0.2) is 13.8 Å². The van der Waals surface area contributed by atoms with Crippen molar-refractivity contribution in [2.45, 2.75) is 6.54 Å². The van der Waals surface area contributed by atoms with Crippen molar-refractivity contribution in [2.24, 2.45) is 7.05 Å². The van der Waals surface area contributed by atoms with Gasteiger partial charge in [0.15, 0.2) is 11.6 Å². The van der Waals surface area contributed by atoms with Crippen molar-refractivity contribution >= 4 is 16.7 Å². The molecule has 0 aliphatic rings. The summed E-state index contributed by atoms with van der Waals surface area (Å²) < 4.78 is 30.1. The van der Waals surface area contributed by atoms with Crippen molar-refractivity contribution in [1.82, 2.24) is 9.55 Å². The Bertz CT molecular complexity index is 901. The first kappa shape index (κ1) is 15.0. The molecule has 0 saturated heterocycles. The van der Waals surface area contributed by atoms with Gasteiger partial charge in [-0.2, -0.15) is 5.26 Å². The van der Waals surface area contributed by atoms with Crippen LogP contribution in [0.15, 0.2) is 36.4 Å². The van der Waals surface area contributed by atoms with Crippen LogP contribution < -0.4 is 4.90 Å². The number of aromatic nitrogens is 2. The van der Waals surface area contributed by atoms with Crippen LogP contribution in [0, 0.1) is 23.0 Å². The number of aryl methyl sites for hydroxylation is 1. The third-order valence-corrected chi connectivity index (χ3v) is 3.79. The Labute approximate surface area is 132 Å². The van der Waals surface area contributed by atoms with Crippen molar-refractivity contribution < 1.29 is 8.78 Å². The van der Waals surface area contributed by atoms with Crippen molar-refractivity contribution in [3.05, 3.63) is 59.4 Å². The lowest BCUT2D eigenvalue weighted by molar-refractivity contribution is 0.573. The molecular formula is C17H14F2N4. The lowest BCUT2D eigenvalue weighted by Gasteiger charge is -2.20. The van der Waals surface area contributed by atoms with E-state index in [0.29, 0.717) is 5.82 Å². The van der Waals surface area contributed by atoms with Gasteiger partial charge >= 0.3 is 0 Å². The molecule has 3 rings (SSSR count). The molecule has 0 unspecified atom stereocenters. The van der Waals surface area contributed by atoms with E-state index in [-0.39, 0.29) is 17.8 Å². The molecule has 6 heteroatoms. The molecule has 3 aromatic rings. The summed E-state index contributed by atoms with van der Waals surface area (Å²) in [6, 6.07) is 11.4. The van der Waals surface area contributed by atoms with Gasteiger partial charge in [0.2, 0.25) is 0 Å². The number of halogens is 2. The summed E-state index contributed by atoms with van der Waals surface area (Å²) in [5, 5.41) is 8.76. The number of para-hydroxylation sites is 2. The molecule has 0 radical (unpaired) electrons. The van der Waals surface area contributed by atoms with Crippen LogP contribution in [0.5, 0.6) is 0 Å². The second-order valence-corrected chi connectivity index (χ2v) is 5.33. The average Bonchev–Trinajstić information content (AvgIpc) is 2.83. The SMILES string of the molecule is CN(Cc1nc2ccccc2n1C)c1c(F)cc(C#N)cc1F. The molecule has 0 amide bonds. The Balaban J connectivity index is 1.97. The fraction of sp³-hybridized carbons (Fsp3) is 0.176. The van der Waals surface area contributed by atoms with E-state index in [1.165, 1.54) is 4.90 Å². The lowest BCUT2D eigenvalue weighted by Crippen LogP contribution is -2.21. The Morgan fingerprint density at radius 3 is 2.48 bits per heavy atom. The maximum absolute atomic E-state index is 14.1. The Morgan fingerprint density at radius 2 is 1.87 bits per heavy atom. The van der Waals surface area contributed by atoms with Crippen LogP contribution >= 0.6 is 0 Å². The third-order valence-electron chi connectivity index (χ3n) is 3.79. The predicted molar refractivity (Wildman–Crippen MR) is 83.9 cm³/mol. The number of nitrogens with zero attached hydrogens (tertiary/aromatic N) is 4. The van der Waals surface area contributed by atoms with E-state index in [0.717, 1.165) is 23.2 Å². The minimum absolute atomic E-state index is 0.0418. The highest BCUT2D eigenvalue weighted by Crippen LogP contribution is 2.25. The van der Waals surface area contributed by atoms with E-state index in [1.807, 2.05) is 35.9 Å². The lowest BCUT2D eigenvalue weighted by atomic mass is 10.2. The van der Waals surface area contributed by atoms with Gasteiger partial charge in [-0.15, -0.1) is 0 Å². The summed E-state index contributed by atoms with van der Waals surface area (Å²) in [5.74, 6) is -0.831. The number of imidazole rings is 1. The van der Waals surface area contributed by atoms with E-state index in [9.17, 15) is 8.78 Å². The van der Waals surface area contributed by atoms with Gasteiger partial charge < -0.3 is 9.47 Å². The molecule has 0 N–H and O–H groups in total. The average molecular weight is 312 g/mol. The van der Waals surface area contributed by atoms with Crippen molar-refractivity contribution in [3.8, 4) is 6.07 Å². The van der Waals surface area contributed by atoms with E-state index in [4.69, 9.17) is 5.26 Å². The summed E-state index contributed by atoms with van der Waals surface area (Å²) in [4.78, 5) is 5.95. The predicted octanol–water partition coefficient (Wildman–Crippen LogP) is 3.36. The highest BCUT2D eigenvalue weighted by atomic mass is 19.1. The molecule has 1 aromatic heterocycles. The zero-order valence-corrected chi connectivity index (χ0v) is 12.7. The molecular weight excluding hydrogens is 298 g/mol. The summed E-state index contributed by atoms with van der Waals surface area (Å²) >= 11 is 0. The van der Waals surface area contributed by atoms with E-state index in [2.05, 4.69) is 4.98 Å². The molecule has 0 aliphatic carbocycles. The van der Waals surface area contributed by atoms with E-state index >= 15 is 0 Å². The van der Waals surface area contributed by atoms with Gasteiger partial charge in [0.25, 0.3) is 0 Å². The van der Waals surface area contributed by atoms with Crippen molar-refractivity contribution in [1.29, 1.82) is 5.26 Å². The number of fused-ring (bicyclic) bond motifs is 1. The Hall–Kier alpha value is -2.94. The number of anilines is 1. The van der Waals surface area contributed by atoms with Gasteiger partial charge in [-0.3, -0.25) is 0 Å². The number of rotatable bonds is 3. The van der Waals surface area contributed by atoms with Gasteiger partial charge in [-0.1, -0.05) is 12.1 Å². The van der Waals surface area contributed by atoms with Crippen LogP contribution in [0.2, 0.25) is 0 Å². The fourth-order valence-electron chi connectivity index (χ4n) is 2.62. The second kappa shape index (κ2) is 5.69. The summed E-state index contributed by atoms with van der Waals surface area (Å²) in [6.45, 7) is 0.241. The maximum atomic E-state index is 14.1. The van der Waals surface area contributed by atoms with Gasteiger partial charge in [0, 0.05) is 14.1 Å². The maximum Gasteiger partial charge on any atom is 0.150 e. The second-order valence-electron chi connectivity index (χ2n) is 5.33. The first-order chi connectivity index (χ1) is 11.0. The molecule has 2 aromatic carbocycles. The zero-order chi connectivity index (χ0) is 16.6. The highest BCUT2D eigenvalue weighted by molar-refractivity contribution is 5.75. The summed E-state index contributed by atoms with van der Waals surface area (Å²) in [5.41, 5.74) is 1.58. The number of benzene rings is 2. The molecule has 23 heavy (non-hydrogen) atoms. The first-order valence-electron chi connectivity index (χ1n) is 7.02. The van der Waals surface area contributed by atoms with Gasteiger partial charge in [0.1, 0.15) is 11.5 Å². The van der Waals surface area contributed by atoms with Crippen LogP contribution in [-0.2, 0) is 13.6 Å². The minimum Gasteiger partial charge on any atom is -0.362 e. The zero-order valence-electron chi connectivity index (χ0n) is 12.7. The smallest absolute Gasteiger partial charge is 0.150 e. The van der Waals surface area contributed by atoms with Gasteiger partial charge in [-0.05, 0) is 24.3 Å².